The smallest absolute Gasteiger partial charge is 0.330 e. The molecule has 0 unspecified atom stereocenters. The average molecular weight is 352 g/mol. The lowest BCUT2D eigenvalue weighted by Gasteiger charge is -2.17. The van der Waals surface area contributed by atoms with E-state index in [1.807, 2.05) is 69.3 Å². The fourth-order valence-electron chi connectivity index (χ4n) is 1.54. The van der Waals surface area contributed by atoms with Gasteiger partial charge in [-0.05, 0) is 44.0 Å². The van der Waals surface area contributed by atoms with Crippen LogP contribution in [0.25, 0.3) is 12.2 Å². The van der Waals surface area contributed by atoms with E-state index in [1.165, 1.54) is 5.56 Å². The van der Waals surface area contributed by atoms with Gasteiger partial charge in [0.1, 0.15) is 11.4 Å². The number of esters is 1. The SMILES string of the molecule is C=CC(=O)OC(C)(C)C.C=Cc1ccc(O)cc1.C=Cc1ccccc1. The van der Waals surface area contributed by atoms with E-state index in [0.717, 1.165) is 11.6 Å². The highest BCUT2D eigenvalue weighted by molar-refractivity contribution is 5.81. The van der Waals surface area contributed by atoms with Crippen LogP contribution in [0.1, 0.15) is 31.9 Å². The molecule has 3 nitrogen and oxygen atoms in total. The van der Waals surface area contributed by atoms with E-state index in [1.54, 1.807) is 18.2 Å². The van der Waals surface area contributed by atoms with Gasteiger partial charge in [0.2, 0.25) is 0 Å². The number of carbonyl (C=O) groups excluding carboxylic acids is 1. The second-order valence-corrected chi connectivity index (χ2v) is 6.15. The number of hydrogen-bond donors (Lipinski definition) is 1. The van der Waals surface area contributed by atoms with E-state index in [-0.39, 0.29) is 5.97 Å². The first-order valence-corrected chi connectivity index (χ1v) is 8.16. The Kier molecular flexibility index (Phi) is 10.9. The van der Waals surface area contributed by atoms with Gasteiger partial charge in [-0.25, -0.2) is 4.79 Å². The average Bonchev–Trinajstić information content (AvgIpc) is 2.62. The molecule has 2 aromatic rings. The maximum atomic E-state index is 10.5. The lowest BCUT2D eigenvalue weighted by atomic mass is 10.2. The van der Waals surface area contributed by atoms with Crippen molar-refractivity contribution in [2.45, 2.75) is 26.4 Å². The molecule has 0 radical (unpaired) electrons. The Balaban J connectivity index is 0.000000361. The summed E-state index contributed by atoms with van der Waals surface area (Å²) in [5, 5.41) is 8.82. The minimum Gasteiger partial charge on any atom is -0.508 e. The first-order chi connectivity index (χ1) is 12.2. The van der Waals surface area contributed by atoms with Gasteiger partial charge in [-0.3, -0.25) is 0 Å². The number of phenols is 1. The van der Waals surface area contributed by atoms with Gasteiger partial charge in [0.05, 0.1) is 0 Å². The zero-order valence-electron chi connectivity index (χ0n) is 15.8. The molecule has 0 aromatic heterocycles. The lowest BCUT2D eigenvalue weighted by molar-refractivity contribution is -0.148. The minimum atomic E-state index is -0.398. The van der Waals surface area contributed by atoms with E-state index in [2.05, 4.69) is 19.7 Å². The summed E-state index contributed by atoms with van der Waals surface area (Å²) in [6.45, 7) is 15.9. The molecule has 0 saturated heterocycles. The predicted octanol–water partition coefficient (Wildman–Crippen LogP) is 5.88. The van der Waals surface area contributed by atoms with Crippen LogP contribution in [0.15, 0.2) is 80.4 Å². The monoisotopic (exact) mass is 352 g/mol. The van der Waals surface area contributed by atoms with Crippen molar-refractivity contribution in [3.8, 4) is 5.75 Å². The summed E-state index contributed by atoms with van der Waals surface area (Å²) >= 11 is 0. The van der Waals surface area contributed by atoms with Crippen molar-refractivity contribution in [1.29, 1.82) is 0 Å². The Bertz CT molecular complexity index is 678. The van der Waals surface area contributed by atoms with Gasteiger partial charge in [-0.15, -0.1) is 0 Å². The molecule has 2 aromatic carbocycles. The summed E-state index contributed by atoms with van der Waals surface area (Å²) in [7, 11) is 0. The molecule has 0 aliphatic carbocycles. The standard InChI is InChI=1S/C8H8O.C8H8.C7H12O2/c1-2-7-3-5-8(9)6-4-7;1-2-8-6-4-3-5-7-8;1-5-6(8)9-7(2,3)4/h2-6,9H,1H2;2-7H,1H2;5H,1H2,2-4H3. The van der Waals surface area contributed by atoms with Gasteiger partial charge in [-0.2, -0.15) is 0 Å². The number of carbonyl (C=O) groups is 1. The highest BCUT2D eigenvalue weighted by Gasteiger charge is 2.12. The Morgan fingerprint density at radius 1 is 0.885 bits per heavy atom. The van der Waals surface area contributed by atoms with E-state index in [0.29, 0.717) is 5.75 Å². The highest BCUT2D eigenvalue weighted by atomic mass is 16.6. The molecule has 0 aliphatic heterocycles. The molecule has 3 heteroatoms. The van der Waals surface area contributed by atoms with Gasteiger partial charge in [0.15, 0.2) is 0 Å². The lowest BCUT2D eigenvalue weighted by Crippen LogP contribution is -2.22. The largest absolute Gasteiger partial charge is 0.508 e. The molecule has 1 N–H and O–H groups in total. The zero-order valence-corrected chi connectivity index (χ0v) is 15.8. The van der Waals surface area contributed by atoms with Gasteiger partial charge in [-0.1, -0.05) is 74.4 Å². The van der Waals surface area contributed by atoms with Gasteiger partial charge in [0, 0.05) is 6.08 Å². The summed E-state index contributed by atoms with van der Waals surface area (Å²) in [6, 6.07) is 16.9. The van der Waals surface area contributed by atoms with Gasteiger partial charge >= 0.3 is 5.97 Å². The van der Waals surface area contributed by atoms with E-state index < -0.39 is 5.60 Å². The normalized spacial score (nSPS) is 9.35. The molecule has 0 atom stereocenters. The van der Waals surface area contributed by atoms with Crippen molar-refractivity contribution < 1.29 is 14.6 Å². The maximum Gasteiger partial charge on any atom is 0.330 e. The zero-order chi connectivity index (χ0) is 20.0. The molecular weight excluding hydrogens is 324 g/mol. The first-order valence-electron chi connectivity index (χ1n) is 8.16. The quantitative estimate of drug-likeness (QED) is 0.554. The predicted molar refractivity (Wildman–Crippen MR) is 111 cm³/mol. The van der Waals surface area contributed by atoms with Crippen LogP contribution >= 0.6 is 0 Å². The fraction of sp³-hybridized carbons (Fsp3) is 0.174. The number of benzene rings is 2. The minimum absolute atomic E-state index is 0.292. The van der Waals surface area contributed by atoms with Crippen LogP contribution in [0.5, 0.6) is 5.75 Å². The molecule has 0 fully saturated rings. The summed E-state index contributed by atoms with van der Waals surface area (Å²) in [5.41, 5.74) is 1.80. The third-order valence-corrected chi connectivity index (χ3v) is 2.74. The molecule has 26 heavy (non-hydrogen) atoms. The fourth-order valence-corrected chi connectivity index (χ4v) is 1.54. The second kappa shape index (κ2) is 12.3. The number of ether oxygens (including phenoxy) is 1. The number of aromatic hydroxyl groups is 1. The summed E-state index contributed by atoms with van der Waals surface area (Å²) in [6.07, 6.45) is 4.73. The molecular formula is C23H28O3. The summed E-state index contributed by atoms with van der Waals surface area (Å²) in [4.78, 5) is 10.5. The van der Waals surface area contributed by atoms with Crippen molar-refractivity contribution >= 4 is 18.1 Å². The van der Waals surface area contributed by atoms with Crippen LogP contribution in [0.2, 0.25) is 0 Å². The molecule has 0 spiro atoms. The van der Waals surface area contributed by atoms with Gasteiger partial charge in [0.25, 0.3) is 0 Å². The molecule has 138 valence electrons. The Morgan fingerprint density at radius 2 is 1.35 bits per heavy atom. The number of phenolic OH excluding ortho intramolecular Hbond substituents is 1. The van der Waals surface area contributed by atoms with E-state index >= 15 is 0 Å². The molecule has 0 aliphatic rings. The number of rotatable bonds is 3. The summed E-state index contributed by atoms with van der Waals surface area (Å²) in [5.74, 6) is -0.0805. The van der Waals surface area contributed by atoms with Crippen LogP contribution in [-0.4, -0.2) is 16.7 Å². The van der Waals surface area contributed by atoms with Gasteiger partial charge < -0.3 is 9.84 Å². The van der Waals surface area contributed by atoms with Crippen LogP contribution in [0.3, 0.4) is 0 Å². The third-order valence-electron chi connectivity index (χ3n) is 2.74. The molecule has 0 saturated carbocycles. The van der Waals surface area contributed by atoms with Crippen molar-refractivity contribution in [3.63, 3.8) is 0 Å². The van der Waals surface area contributed by atoms with Crippen LogP contribution in [0, 0.1) is 0 Å². The highest BCUT2D eigenvalue weighted by Crippen LogP contribution is 2.09. The van der Waals surface area contributed by atoms with Crippen LogP contribution in [0.4, 0.5) is 0 Å². The molecule has 0 amide bonds. The van der Waals surface area contributed by atoms with Crippen molar-refractivity contribution in [1.82, 2.24) is 0 Å². The third kappa shape index (κ3) is 12.4. The van der Waals surface area contributed by atoms with Crippen LogP contribution in [-0.2, 0) is 9.53 Å². The van der Waals surface area contributed by atoms with E-state index in [4.69, 9.17) is 9.84 Å². The molecule has 2 rings (SSSR count). The first kappa shape index (κ1) is 22.9. The van der Waals surface area contributed by atoms with E-state index in [9.17, 15) is 4.79 Å². The van der Waals surface area contributed by atoms with Crippen molar-refractivity contribution in [2.75, 3.05) is 0 Å². The number of hydrogen-bond acceptors (Lipinski definition) is 3. The second-order valence-electron chi connectivity index (χ2n) is 6.15. The molecule has 0 heterocycles. The van der Waals surface area contributed by atoms with Crippen molar-refractivity contribution in [2.24, 2.45) is 0 Å². The Hall–Kier alpha value is -3.07. The van der Waals surface area contributed by atoms with Crippen molar-refractivity contribution in [3.05, 3.63) is 91.5 Å². The maximum absolute atomic E-state index is 10.5. The molecule has 0 bridgehead atoms. The summed E-state index contributed by atoms with van der Waals surface area (Å²) < 4.78 is 4.83. The Morgan fingerprint density at radius 3 is 1.65 bits per heavy atom. The topological polar surface area (TPSA) is 46.5 Å². The van der Waals surface area contributed by atoms with Crippen LogP contribution < -0.4 is 0 Å². The Labute approximate surface area is 157 Å².